The van der Waals surface area contributed by atoms with Gasteiger partial charge in [-0.15, -0.1) is 0 Å². The third-order valence-electron chi connectivity index (χ3n) is 7.05. The molecule has 1 fully saturated rings. The van der Waals surface area contributed by atoms with Gasteiger partial charge in [-0.1, -0.05) is 36.4 Å². The molecule has 2 aromatic heterocycles. The highest BCUT2D eigenvalue weighted by molar-refractivity contribution is 5.99. The highest BCUT2D eigenvalue weighted by Gasteiger charge is 2.32. The number of rotatable bonds is 10. The molecule has 0 saturated carbocycles. The van der Waals surface area contributed by atoms with Crippen molar-refractivity contribution >= 4 is 23.4 Å². The van der Waals surface area contributed by atoms with E-state index in [9.17, 15) is 14.4 Å². The van der Waals surface area contributed by atoms with Crippen molar-refractivity contribution in [3.05, 3.63) is 95.1 Å². The van der Waals surface area contributed by atoms with Crippen LogP contribution in [0.5, 0.6) is 0 Å². The molecule has 2 atom stereocenters. The molecule has 0 radical (unpaired) electrons. The molecule has 0 aliphatic carbocycles. The Morgan fingerprint density at radius 3 is 2.55 bits per heavy atom. The minimum atomic E-state index is -0.615. The molecule has 1 saturated heterocycles. The number of benzene rings is 2. The molecule has 12 heteroatoms. The molecule has 5 N–H and O–H groups in total. The van der Waals surface area contributed by atoms with Crippen molar-refractivity contribution in [2.45, 2.75) is 45.2 Å². The van der Waals surface area contributed by atoms with Crippen LogP contribution in [0.3, 0.4) is 0 Å². The SMILES string of the molecule is C[C@H](NC(=O)c1cc(C#N)cnc1NCc1ccc(-c2cnc(N)c(NCC3COC(C)(C)O3)n2)cc1)c1ccc(F)cc1. The third kappa shape index (κ3) is 7.44. The summed E-state index contributed by atoms with van der Waals surface area (Å²) in [4.78, 5) is 26.4. The zero-order valence-corrected chi connectivity index (χ0v) is 24.6. The van der Waals surface area contributed by atoms with Gasteiger partial charge in [-0.3, -0.25) is 4.79 Å². The molecule has 0 spiro atoms. The zero-order valence-electron chi connectivity index (χ0n) is 24.6. The summed E-state index contributed by atoms with van der Waals surface area (Å²) >= 11 is 0. The topological polar surface area (TPSA) is 160 Å². The van der Waals surface area contributed by atoms with E-state index in [0.717, 1.165) is 16.7 Å². The number of nitriles is 1. The number of nitrogens with zero attached hydrogens (tertiary/aromatic N) is 4. The van der Waals surface area contributed by atoms with Gasteiger partial charge in [-0.25, -0.2) is 19.3 Å². The second-order valence-corrected chi connectivity index (χ2v) is 10.8. The number of halogens is 1. The van der Waals surface area contributed by atoms with Gasteiger partial charge < -0.3 is 31.2 Å². The molecule has 2 aromatic carbocycles. The number of carbonyl (C=O) groups is 1. The van der Waals surface area contributed by atoms with E-state index in [0.29, 0.717) is 37.0 Å². The smallest absolute Gasteiger partial charge is 0.255 e. The van der Waals surface area contributed by atoms with Gasteiger partial charge in [0.2, 0.25) is 0 Å². The maximum Gasteiger partial charge on any atom is 0.255 e. The summed E-state index contributed by atoms with van der Waals surface area (Å²) < 4.78 is 24.8. The predicted octanol–water partition coefficient (Wildman–Crippen LogP) is 4.80. The number of ether oxygens (including phenoxy) is 2. The van der Waals surface area contributed by atoms with Gasteiger partial charge in [0.25, 0.3) is 5.91 Å². The monoisotopic (exact) mass is 596 g/mol. The van der Waals surface area contributed by atoms with Crippen LogP contribution in [-0.2, 0) is 16.0 Å². The van der Waals surface area contributed by atoms with Gasteiger partial charge in [0.15, 0.2) is 17.4 Å². The summed E-state index contributed by atoms with van der Waals surface area (Å²) in [6.45, 7) is 6.86. The molecule has 4 aromatic rings. The fraction of sp³-hybridized carbons (Fsp3) is 0.281. The number of nitrogens with one attached hydrogen (secondary N) is 3. The van der Waals surface area contributed by atoms with Crippen LogP contribution in [0, 0.1) is 17.1 Å². The zero-order chi connectivity index (χ0) is 31.3. The molecule has 1 aliphatic rings. The first-order valence-corrected chi connectivity index (χ1v) is 14.1. The number of aromatic nitrogens is 3. The van der Waals surface area contributed by atoms with Crippen molar-refractivity contribution in [3.8, 4) is 17.3 Å². The Kier molecular flexibility index (Phi) is 8.99. The number of amides is 1. The molecule has 11 nitrogen and oxygen atoms in total. The lowest BCUT2D eigenvalue weighted by Gasteiger charge is -2.17. The minimum Gasteiger partial charge on any atom is -0.381 e. The maximum atomic E-state index is 13.3. The van der Waals surface area contributed by atoms with E-state index < -0.39 is 17.7 Å². The molecular weight excluding hydrogens is 563 g/mol. The van der Waals surface area contributed by atoms with Gasteiger partial charge in [0, 0.05) is 24.8 Å². The number of nitrogen functional groups attached to an aromatic ring is 1. The Hall–Kier alpha value is -5.12. The number of nitrogens with two attached hydrogens (primary N) is 1. The largest absolute Gasteiger partial charge is 0.381 e. The van der Waals surface area contributed by atoms with E-state index in [1.165, 1.54) is 24.4 Å². The molecule has 5 rings (SSSR count). The van der Waals surface area contributed by atoms with Gasteiger partial charge in [-0.2, -0.15) is 5.26 Å². The molecule has 3 heterocycles. The lowest BCUT2D eigenvalue weighted by atomic mass is 10.1. The van der Waals surface area contributed by atoms with Crippen LogP contribution >= 0.6 is 0 Å². The average molecular weight is 597 g/mol. The summed E-state index contributed by atoms with van der Waals surface area (Å²) in [5.74, 6) is -0.298. The van der Waals surface area contributed by atoms with Gasteiger partial charge >= 0.3 is 0 Å². The molecule has 0 bridgehead atoms. The number of hydrogen-bond acceptors (Lipinski definition) is 10. The van der Waals surface area contributed by atoms with Crippen molar-refractivity contribution in [2.75, 3.05) is 29.5 Å². The van der Waals surface area contributed by atoms with Crippen molar-refractivity contribution in [3.63, 3.8) is 0 Å². The second kappa shape index (κ2) is 13.0. The first-order chi connectivity index (χ1) is 21.1. The summed E-state index contributed by atoms with van der Waals surface area (Å²) in [7, 11) is 0. The summed E-state index contributed by atoms with van der Waals surface area (Å²) in [6.07, 6.45) is 2.89. The fourth-order valence-electron chi connectivity index (χ4n) is 4.67. The first-order valence-electron chi connectivity index (χ1n) is 14.1. The van der Waals surface area contributed by atoms with E-state index >= 15 is 0 Å². The molecule has 44 heavy (non-hydrogen) atoms. The average Bonchev–Trinajstić information content (AvgIpc) is 3.38. The highest BCUT2D eigenvalue weighted by atomic mass is 19.1. The predicted molar refractivity (Wildman–Crippen MR) is 164 cm³/mol. The van der Waals surface area contributed by atoms with Crippen LogP contribution in [-0.4, -0.2) is 45.9 Å². The number of carbonyl (C=O) groups excluding carboxylic acids is 1. The van der Waals surface area contributed by atoms with Gasteiger partial charge in [0.05, 0.1) is 35.7 Å². The Bertz CT molecular complexity index is 1670. The van der Waals surface area contributed by atoms with Crippen LogP contribution < -0.4 is 21.7 Å². The van der Waals surface area contributed by atoms with E-state index in [1.54, 1.807) is 25.3 Å². The molecular formula is C32H33FN8O3. The normalized spacial score (nSPS) is 16.1. The Balaban J connectivity index is 1.24. The van der Waals surface area contributed by atoms with E-state index in [1.807, 2.05) is 44.2 Å². The lowest BCUT2D eigenvalue weighted by Crippen LogP contribution is -2.28. The van der Waals surface area contributed by atoms with Gasteiger partial charge in [0.1, 0.15) is 23.8 Å². The van der Waals surface area contributed by atoms with Gasteiger partial charge in [-0.05, 0) is 50.1 Å². The number of anilines is 3. The number of pyridine rings is 1. The quantitative estimate of drug-likeness (QED) is 0.200. The minimum absolute atomic E-state index is 0.128. The standard InChI is InChI=1S/C32H33FN8O3/c1-19(22-8-10-24(33)11-9-22)40-31(42)26-12-21(13-34)15-38-29(26)37-14-20-4-6-23(7-5-20)27-17-36-28(35)30(41-27)39-16-25-18-43-32(2,3)44-25/h4-12,15,17,19,25H,14,16,18H2,1-3H3,(H2,35,36)(H,37,38)(H,39,41)(H,40,42)/t19-,25?/m0/s1. The van der Waals surface area contributed by atoms with Crippen molar-refractivity contribution in [2.24, 2.45) is 0 Å². The summed E-state index contributed by atoms with van der Waals surface area (Å²) in [5.41, 5.74) is 9.70. The van der Waals surface area contributed by atoms with Crippen LogP contribution in [0.25, 0.3) is 11.3 Å². The fourth-order valence-corrected chi connectivity index (χ4v) is 4.67. The van der Waals surface area contributed by atoms with Crippen LogP contribution in [0.15, 0.2) is 67.0 Å². The summed E-state index contributed by atoms with van der Waals surface area (Å²) in [6, 6.07) is 16.7. The Labute approximate surface area is 254 Å². The van der Waals surface area contributed by atoms with E-state index in [4.69, 9.17) is 15.2 Å². The van der Waals surface area contributed by atoms with Crippen LogP contribution in [0.2, 0.25) is 0 Å². The Morgan fingerprint density at radius 1 is 1.11 bits per heavy atom. The molecule has 226 valence electrons. The molecule has 1 unspecified atom stereocenters. The van der Waals surface area contributed by atoms with Crippen LogP contribution in [0.4, 0.5) is 21.8 Å². The molecule has 1 amide bonds. The van der Waals surface area contributed by atoms with E-state index in [-0.39, 0.29) is 28.9 Å². The van der Waals surface area contributed by atoms with Crippen molar-refractivity contribution in [1.29, 1.82) is 5.26 Å². The number of hydrogen-bond donors (Lipinski definition) is 4. The highest BCUT2D eigenvalue weighted by Crippen LogP contribution is 2.25. The Morgan fingerprint density at radius 2 is 1.86 bits per heavy atom. The van der Waals surface area contributed by atoms with E-state index in [2.05, 4.69) is 30.9 Å². The first kappa shape index (κ1) is 30.3. The third-order valence-corrected chi connectivity index (χ3v) is 7.05. The maximum absolute atomic E-state index is 13.3. The lowest BCUT2D eigenvalue weighted by molar-refractivity contribution is -0.136. The second-order valence-electron chi connectivity index (χ2n) is 10.8. The van der Waals surface area contributed by atoms with Crippen molar-refractivity contribution in [1.82, 2.24) is 20.3 Å². The summed E-state index contributed by atoms with van der Waals surface area (Å²) in [5, 5.41) is 18.7. The van der Waals surface area contributed by atoms with Crippen LogP contribution in [0.1, 0.15) is 53.9 Å². The van der Waals surface area contributed by atoms with Crippen molar-refractivity contribution < 1.29 is 18.7 Å². The molecule has 1 aliphatic heterocycles.